The third-order valence-electron chi connectivity index (χ3n) is 2.94. The van der Waals surface area contributed by atoms with Crippen LogP contribution in [0, 0.1) is 0 Å². The molecule has 0 bridgehead atoms. The first-order chi connectivity index (χ1) is 9.22. The number of nitrogens with two attached hydrogens (primary N) is 1. The number of aromatic nitrogens is 2. The molecule has 6 nitrogen and oxygen atoms in total. The summed E-state index contributed by atoms with van der Waals surface area (Å²) < 4.78 is 20.3. The van der Waals surface area contributed by atoms with Crippen LogP contribution in [-0.2, 0) is 13.6 Å². The molecule has 2 aromatic rings. The molecule has 0 aliphatic carbocycles. The van der Waals surface area contributed by atoms with Crippen LogP contribution in [-0.4, -0.2) is 18.0 Å². The van der Waals surface area contributed by atoms with Crippen LogP contribution in [0.25, 0.3) is 0 Å². The average Bonchev–Trinajstić information content (AvgIpc) is 2.98. The van der Waals surface area contributed by atoms with Gasteiger partial charge in [0.25, 0.3) is 0 Å². The smallest absolute Gasteiger partial charge is 0.243 e. The molecule has 1 aromatic heterocycles. The lowest BCUT2D eigenvalue weighted by Crippen LogP contribution is -2.24. The van der Waals surface area contributed by atoms with E-state index in [9.17, 15) is 0 Å². The molecule has 100 valence electrons. The molecule has 6 heteroatoms. The van der Waals surface area contributed by atoms with Crippen molar-refractivity contribution in [3.63, 3.8) is 0 Å². The van der Waals surface area contributed by atoms with E-state index in [2.05, 4.69) is 0 Å². The Balaban J connectivity index is 1.64. The van der Waals surface area contributed by atoms with Crippen LogP contribution in [0.2, 0.25) is 0 Å². The summed E-state index contributed by atoms with van der Waals surface area (Å²) in [6.07, 6.45) is 5.97. The topological polar surface area (TPSA) is 62.5 Å². The Morgan fingerprint density at radius 2 is 2.16 bits per heavy atom. The van der Waals surface area contributed by atoms with Crippen molar-refractivity contribution in [1.82, 2.24) is 4.57 Å². The summed E-state index contributed by atoms with van der Waals surface area (Å²) in [6, 6.07) is 3.50. The minimum absolute atomic E-state index is 0.234. The minimum Gasteiger partial charge on any atom is -0.487 e. The summed E-state index contributed by atoms with van der Waals surface area (Å²) in [5, 5.41) is 0. The molecular formula is C13H16N3O3+. The molecule has 19 heavy (non-hydrogen) atoms. The highest BCUT2D eigenvalue weighted by atomic mass is 16.7. The largest absolute Gasteiger partial charge is 0.487 e. The normalized spacial score (nSPS) is 12.7. The summed E-state index contributed by atoms with van der Waals surface area (Å²) in [7, 11) is 1.98. The Labute approximate surface area is 110 Å². The fourth-order valence-electron chi connectivity index (χ4n) is 1.96. The third kappa shape index (κ3) is 2.42. The molecule has 0 atom stereocenters. The highest BCUT2D eigenvalue weighted by Gasteiger charge is 2.16. The minimum atomic E-state index is 0.234. The van der Waals surface area contributed by atoms with Gasteiger partial charge in [-0.1, -0.05) is 0 Å². The van der Waals surface area contributed by atoms with E-state index < -0.39 is 0 Å². The van der Waals surface area contributed by atoms with Crippen molar-refractivity contribution >= 4 is 5.69 Å². The van der Waals surface area contributed by atoms with Crippen molar-refractivity contribution in [3.8, 4) is 17.2 Å². The van der Waals surface area contributed by atoms with Crippen LogP contribution in [0.15, 0.2) is 30.9 Å². The second kappa shape index (κ2) is 4.72. The fourth-order valence-corrected chi connectivity index (χ4v) is 1.96. The lowest BCUT2D eigenvalue weighted by molar-refractivity contribution is -0.671. The summed E-state index contributed by atoms with van der Waals surface area (Å²) in [5.74, 6) is 1.97. The molecule has 1 aliphatic rings. The maximum absolute atomic E-state index is 5.91. The second-order valence-electron chi connectivity index (χ2n) is 4.41. The molecule has 0 radical (unpaired) electrons. The lowest BCUT2D eigenvalue weighted by Gasteiger charge is -2.08. The highest BCUT2D eigenvalue weighted by Crippen LogP contribution is 2.39. The van der Waals surface area contributed by atoms with E-state index in [0.717, 1.165) is 6.54 Å². The second-order valence-corrected chi connectivity index (χ2v) is 4.41. The highest BCUT2D eigenvalue weighted by molar-refractivity contribution is 5.62. The van der Waals surface area contributed by atoms with E-state index in [4.69, 9.17) is 19.9 Å². The Morgan fingerprint density at radius 3 is 2.89 bits per heavy atom. The zero-order valence-electron chi connectivity index (χ0n) is 10.7. The number of benzene rings is 1. The quantitative estimate of drug-likeness (QED) is 0.651. The van der Waals surface area contributed by atoms with Crippen molar-refractivity contribution in [1.29, 1.82) is 0 Å². The van der Waals surface area contributed by atoms with Crippen molar-refractivity contribution in [3.05, 3.63) is 30.9 Å². The SMILES string of the molecule is C[n+]1ccn(CCOc2cc3c(cc2N)OCO3)c1. The molecule has 0 saturated heterocycles. The van der Waals surface area contributed by atoms with Crippen LogP contribution in [0.4, 0.5) is 5.69 Å². The van der Waals surface area contributed by atoms with Gasteiger partial charge in [0.2, 0.25) is 13.1 Å². The number of hydrogen-bond acceptors (Lipinski definition) is 4. The third-order valence-corrected chi connectivity index (χ3v) is 2.94. The van der Waals surface area contributed by atoms with Crippen molar-refractivity contribution < 1.29 is 18.8 Å². The molecule has 0 spiro atoms. The number of nitrogen functional groups attached to an aromatic ring is 1. The molecule has 0 saturated carbocycles. The lowest BCUT2D eigenvalue weighted by atomic mass is 10.2. The first-order valence-electron chi connectivity index (χ1n) is 6.05. The standard InChI is InChI=1S/C13H16N3O3/c1-15-2-3-16(8-15)4-5-17-11-7-13-12(6-10(11)14)18-9-19-13/h2-3,6-8H,4-5,9,14H2,1H3/q+1. The summed E-state index contributed by atoms with van der Waals surface area (Å²) in [6.45, 7) is 1.53. The Bertz CT molecular complexity index is 595. The van der Waals surface area contributed by atoms with Gasteiger partial charge >= 0.3 is 0 Å². The number of anilines is 1. The van der Waals surface area contributed by atoms with Crippen LogP contribution in [0.5, 0.6) is 17.2 Å². The number of hydrogen-bond donors (Lipinski definition) is 1. The summed E-state index contributed by atoms with van der Waals surface area (Å²) in [4.78, 5) is 0. The molecule has 0 unspecified atom stereocenters. The van der Waals surface area contributed by atoms with Gasteiger partial charge in [0.05, 0.1) is 12.7 Å². The van der Waals surface area contributed by atoms with E-state index in [1.165, 1.54) is 0 Å². The number of nitrogens with zero attached hydrogens (tertiary/aromatic N) is 2. The summed E-state index contributed by atoms with van der Waals surface area (Å²) >= 11 is 0. The number of imidazole rings is 1. The van der Waals surface area contributed by atoms with Crippen molar-refractivity contribution in [2.24, 2.45) is 7.05 Å². The monoisotopic (exact) mass is 262 g/mol. The van der Waals surface area contributed by atoms with E-state index >= 15 is 0 Å². The van der Waals surface area contributed by atoms with Gasteiger partial charge in [-0.05, 0) is 0 Å². The summed E-state index contributed by atoms with van der Waals surface area (Å²) in [5.41, 5.74) is 6.46. The van der Waals surface area contributed by atoms with Crippen molar-refractivity contribution in [2.75, 3.05) is 19.1 Å². The Morgan fingerprint density at radius 1 is 1.37 bits per heavy atom. The van der Waals surface area contributed by atoms with E-state index in [1.807, 2.05) is 34.9 Å². The molecule has 3 rings (SSSR count). The average molecular weight is 262 g/mol. The molecule has 0 fully saturated rings. The van der Waals surface area contributed by atoms with Gasteiger partial charge in [-0.15, -0.1) is 0 Å². The predicted molar refractivity (Wildman–Crippen MR) is 68.1 cm³/mol. The van der Waals surface area contributed by atoms with Gasteiger partial charge in [0, 0.05) is 12.1 Å². The van der Waals surface area contributed by atoms with Crippen molar-refractivity contribution in [2.45, 2.75) is 6.54 Å². The van der Waals surface area contributed by atoms with Gasteiger partial charge in [-0.2, -0.15) is 0 Å². The molecule has 1 aromatic carbocycles. The fraction of sp³-hybridized carbons (Fsp3) is 0.308. The number of rotatable bonds is 4. The number of ether oxygens (including phenoxy) is 3. The maximum Gasteiger partial charge on any atom is 0.243 e. The van der Waals surface area contributed by atoms with E-state index in [1.54, 1.807) is 12.1 Å². The van der Waals surface area contributed by atoms with Crippen LogP contribution < -0.4 is 24.5 Å². The van der Waals surface area contributed by atoms with Gasteiger partial charge in [-0.3, -0.25) is 0 Å². The Kier molecular flexibility index (Phi) is 2.91. The molecular weight excluding hydrogens is 246 g/mol. The molecule has 2 heterocycles. The predicted octanol–water partition coefficient (Wildman–Crippen LogP) is 0.702. The first-order valence-corrected chi connectivity index (χ1v) is 6.05. The number of aryl methyl sites for hydroxylation is 1. The maximum atomic E-state index is 5.91. The molecule has 2 N–H and O–H groups in total. The van der Waals surface area contributed by atoms with Gasteiger partial charge in [0.1, 0.15) is 31.3 Å². The van der Waals surface area contributed by atoms with Crippen LogP contribution in [0.3, 0.4) is 0 Å². The number of fused-ring (bicyclic) bond motifs is 1. The molecule has 0 amide bonds. The van der Waals surface area contributed by atoms with Crippen LogP contribution in [0.1, 0.15) is 0 Å². The Hall–Kier alpha value is -2.37. The zero-order chi connectivity index (χ0) is 13.2. The van der Waals surface area contributed by atoms with E-state index in [0.29, 0.717) is 29.5 Å². The zero-order valence-corrected chi connectivity index (χ0v) is 10.7. The van der Waals surface area contributed by atoms with Crippen LogP contribution >= 0.6 is 0 Å². The molecule has 1 aliphatic heterocycles. The van der Waals surface area contributed by atoms with Gasteiger partial charge < -0.3 is 19.9 Å². The van der Waals surface area contributed by atoms with Gasteiger partial charge in [-0.25, -0.2) is 9.13 Å². The first kappa shape index (κ1) is 11.7. The van der Waals surface area contributed by atoms with E-state index in [-0.39, 0.29) is 6.79 Å². The van der Waals surface area contributed by atoms with Gasteiger partial charge in [0.15, 0.2) is 11.5 Å².